The van der Waals surface area contributed by atoms with E-state index >= 15 is 0 Å². The first-order valence-electron chi connectivity index (χ1n) is 16.7. The smallest absolute Gasteiger partial charge is 0.407 e. The second kappa shape index (κ2) is 26.2. The maximum Gasteiger partial charge on any atom is 0.407 e. The number of carbonyl (C=O) groups is 2. The molecule has 0 spiro atoms. The first-order valence-corrected chi connectivity index (χ1v) is 17.6. The molecule has 1 aromatic heterocycles. The van der Waals surface area contributed by atoms with Crippen LogP contribution in [-0.4, -0.2) is 45.0 Å². The summed E-state index contributed by atoms with van der Waals surface area (Å²) in [5.74, 6) is -0.188. The molecule has 0 bridgehead atoms. The van der Waals surface area contributed by atoms with Crippen molar-refractivity contribution in [2.75, 3.05) is 33.0 Å². The molecule has 1 aromatic rings. The highest BCUT2D eigenvalue weighted by Crippen LogP contribution is 2.28. The molecular formula is C33H59BrN2O5S. The van der Waals surface area contributed by atoms with Crippen molar-refractivity contribution < 1.29 is 45.3 Å². The summed E-state index contributed by atoms with van der Waals surface area (Å²) in [4.78, 5) is 24.3. The van der Waals surface area contributed by atoms with Crippen molar-refractivity contribution >= 4 is 23.4 Å². The van der Waals surface area contributed by atoms with Gasteiger partial charge < -0.3 is 36.5 Å². The highest BCUT2D eigenvalue weighted by molar-refractivity contribution is 7.07. The van der Waals surface area contributed by atoms with Crippen molar-refractivity contribution in [3.8, 4) is 0 Å². The molecule has 244 valence electrons. The van der Waals surface area contributed by atoms with Gasteiger partial charge in [-0.15, -0.1) is 0 Å². The van der Waals surface area contributed by atoms with Crippen molar-refractivity contribution in [3.63, 3.8) is 0 Å². The van der Waals surface area contributed by atoms with E-state index in [2.05, 4.69) is 33.9 Å². The lowest BCUT2D eigenvalue weighted by Crippen LogP contribution is -3.00. The number of aromatic nitrogens is 1. The second-order valence-electron chi connectivity index (χ2n) is 12.0. The minimum atomic E-state index is -0.406. The number of hydrogen-bond donors (Lipinski definition) is 1. The van der Waals surface area contributed by atoms with Crippen LogP contribution in [0.4, 0.5) is 4.79 Å². The molecule has 1 fully saturated rings. The number of halogens is 1. The van der Waals surface area contributed by atoms with Crippen LogP contribution in [0.1, 0.15) is 135 Å². The van der Waals surface area contributed by atoms with E-state index in [1.807, 2.05) is 0 Å². The number of carbonyl (C=O) groups excluding carboxylic acids is 2. The van der Waals surface area contributed by atoms with Crippen molar-refractivity contribution in [1.29, 1.82) is 0 Å². The fourth-order valence-electron chi connectivity index (χ4n) is 5.17. The Morgan fingerprint density at radius 1 is 0.786 bits per heavy atom. The standard InChI is InChI=1S/C33H58N2O5S.BrH/c1-2-3-4-5-6-7-8-9-10-11-12-13-14-15-16-19-22-34-32(37)40-29-33(26-38-27-33)28-39-31(36)21-18-17-20-23-35-24-25-41-30-35;/h24-25,30H,2-23,26-29H2,1H3;1H. The van der Waals surface area contributed by atoms with Crippen LogP contribution in [-0.2, 0) is 25.5 Å². The van der Waals surface area contributed by atoms with E-state index in [-0.39, 0.29) is 36.2 Å². The maximum atomic E-state index is 12.2. The Bertz CT molecular complexity index is 777. The van der Waals surface area contributed by atoms with E-state index in [0.717, 1.165) is 38.6 Å². The second-order valence-corrected chi connectivity index (χ2v) is 12.8. The van der Waals surface area contributed by atoms with Crippen LogP contribution in [0.5, 0.6) is 0 Å². The SMILES string of the molecule is CCCCCCCCCCCCCCCCCCNC(=O)OCC1(COC(=O)CCCCC[n+]2ccsc2)COC1.[Br-]. The Morgan fingerprint density at radius 3 is 1.86 bits per heavy atom. The van der Waals surface area contributed by atoms with E-state index in [9.17, 15) is 9.59 Å². The Kier molecular flexibility index (Phi) is 24.3. The van der Waals surface area contributed by atoms with Gasteiger partial charge in [-0.25, -0.2) is 4.79 Å². The van der Waals surface area contributed by atoms with Crippen LogP contribution in [0.2, 0.25) is 0 Å². The number of rotatable bonds is 27. The minimum Gasteiger partial charge on any atom is -1.00 e. The molecule has 1 aliphatic rings. The number of nitrogens with one attached hydrogen (secondary N) is 1. The van der Waals surface area contributed by atoms with Crippen LogP contribution >= 0.6 is 11.3 Å². The van der Waals surface area contributed by atoms with E-state index in [4.69, 9.17) is 14.2 Å². The highest BCUT2D eigenvalue weighted by atomic mass is 79.9. The van der Waals surface area contributed by atoms with E-state index in [0.29, 0.717) is 26.2 Å². The number of thiazole rings is 1. The van der Waals surface area contributed by atoms with Gasteiger partial charge in [-0.05, 0) is 19.3 Å². The third-order valence-corrected chi connectivity index (χ3v) is 8.66. The number of hydrogen-bond acceptors (Lipinski definition) is 6. The lowest BCUT2D eigenvalue weighted by atomic mass is 9.88. The van der Waals surface area contributed by atoms with Crippen LogP contribution in [0, 0.1) is 5.41 Å². The average molecular weight is 676 g/mol. The molecular weight excluding hydrogens is 616 g/mol. The molecule has 0 aliphatic carbocycles. The molecule has 1 amide bonds. The molecule has 2 heterocycles. The number of aryl methyl sites for hydroxylation is 1. The number of amides is 1. The Hall–Kier alpha value is -1.19. The van der Waals surface area contributed by atoms with E-state index in [1.165, 1.54) is 89.9 Å². The lowest BCUT2D eigenvalue weighted by Gasteiger charge is -2.39. The van der Waals surface area contributed by atoms with Gasteiger partial charge in [-0.2, -0.15) is 4.57 Å². The lowest BCUT2D eigenvalue weighted by molar-refractivity contribution is -0.692. The van der Waals surface area contributed by atoms with Gasteiger partial charge in [-0.1, -0.05) is 115 Å². The molecule has 1 aliphatic heterocycles. The van der Waals surface area contributed by atoms with Gasteiger partial charge in [0.1, 0.15) is 19.8 Å². The molecule has 0 atom stereocenters. The van der Waals surface area contributed by atoms with Gasteiger partial charge in [0, 0.05) is 19.4 Å². The van der Waals surface area contributed by atoms with Crippen LogP contribution in [0.15, 0.2) is 17.1 Å². The maximum absolute atomic E-state index is 12.2. The third kappa shape index (κ3) is 19.9. The molecule has 42 heavy (non-hydrogen) atoms. The largest absolute Gasteiger partial charge is 1.00 e. The fourth-order valence-corrected chi connectivity index (χ4v) is 5.80. The summed E-state index contributed by atoms with van der Waals surface area (Å²) in [5.41, 5.74) is 1.69. The fraction of sp³-hybridized carbons (Fsp3) is 0.848. The number of esters is 1. The van der Waals surface area contributed by atoms with Crippen molar-refractivity contribution in [2.24, 2.45) is 5.41 Å². The summed E-state index contributed by atoms with van der Waals surface area (Å²) >= 11 is 1.69. The number of ether oxygens (including phenoxy) is 3. The molecule has 2 rings (SSSR count). The van der Waals surface area contributed by atoms with Crippen LogP contribution in [0.3, 0.4) is 0 Å². The summed E-state index contributed by atoms with van der Waals surface area (Å²) in [6, 6.07) is 0. The summed E-state index contributed by atoms with van der Waals surface area (Å²) in [6.45, 7) is 5.25. The number of unbranched alkanes of at least 4 members (excludes halogenated alkanes) is 17. The Morgan fingerprint density at radius 2 is 1.33 bits per heavy atom. The molecule has 1 N–H and O–H groups in total. The Balaban J connectivity index is 0.00000882. The molecule has 9 heteroatoms. The van der Waals surface area contributed by atoms with E-state index in [1.54, 1.807) is 11.3 Å². The van der Waals surface area contributed by atoms with Crippen molar-refractivity contribution in [1.82, 2.24) is 5.32 Å². The van der Waals surface area contributed by atoms with E-state index < -0.39 is 11.5 Å². The predicted octanol–water partition coefficient (Wildman–Crippen LogP) is 5.15. The van der Waals surface area contributed by atoms with Crippen molar-refractivity contribution in [2.45, 2.75) is 142 Å². The van der Waals surface area contributed by atoms with Crippen LogP contribution < -0.4 is 26.9 Å². The number of nitrogens with zero attached hydrogens (tertiary/aromatic N) is 1. The normalized spacial score (nSPS) is 13.6. The first kappa shape index (κ1) is 38.8. The zero-order valence-corrected chi connectivity index (χ0v) is 28.8. The number of alkyl carbamates (subject to hydrolysis) is 1. The van der Waals surface area contributed by atoms with Crippen LogP contribution in [0.25, 0.3) is 0 Å². The third-order valence-electron chi connectivity index (χ3n) is 7.99. The molecule has 0 radical (unpaired) electrons. The summed E-state index contributed by atoms with van der Waals surface area (Å²) in [5, 5.41) is 4.92. The Labute approximate surface area is 270 Å². The molecule has 0 saturated carbocycles. The minimum absolute atomic E-state index is 0. The molecule has 0 unspecified atom stereocenters. The van der Waals surface area contributed by atoms with Crippen molar-refractivity contribution in [3.05, 3.63) is 17.1 Å². The predicted molar refractivity (Wildman–Crippen MR) is 166 cm³/mol. The van der Waals surface area contributed by atoms with Gasteiger partial charge in [0.05, 0.1) is 24.0 Å². The summed E-state index contributed by atoms with van der Waals surface area (Å²) < 4.78 is 18.4. The van der Waals surface area contributed by atoms with Gasteiger partial charge in [-0.3, -0.25) is 4.79 Å². The zero-order chi connectivity index (χ0) is 29.3. The summed E-state index contributed by atoms with van der Waals surface area (Å²) in [7, 11) is 0. The quantitative estimate of drug-likeness (QED) is 0.0794. The van der Waals surface area contributed by atoms with Gasteiger partial charge in [0.15, 0.2) is 6.20 Å². The first-order chi connectivity index (χ1) is 20.1. The monoisotopic (exact) mass is 674 g/mol. The molecule has 0 aromatic carbocycles. The molecule has 1 saturated heterocycles. The summed E-state index contributed by atoms with van der Waals surface area (Å²) in [6.07, 6.45) is 26.3. The zero-order valence-electron chi connectivity index (χ0n) is 26.4. The van der Waals surface area contributed by atoms with Gasteiger partial charge >= 0.3 is 12.1 Å². The highest BCUT2D eigenvalue weighted by Gasteiger charge is 2.41. The average Bonchev–Trinajstić information content (AvgIpc) is 3.47. The van der Waals surface area contributed by atoms with Gasteiger partial charge in [0.25, 0.3) is 0 Å². The van der Waals surface area contributed by atoms with Gasteiger partial charge in [0.2, 0.25) is 5.51 Å². The molecule has 7 nitrogen and oxygen atoms in total. The topological polar surface area (TPSA) is 77.7 Å².